The summed E-state index contributed by atoms with van der Waals surface area (Å²) < 4.78 is 1.31. The maximum atomic E-state index is 12.8. The minimum absolute atomic E-state index is 0.216. The monoisotopic (exact) mass is 425 g/mol. The Labute approximate surface area is 180 Å². The summed E-state index contributed by atoms with van der Waals surface area (Å²) in [6, 6.07) is 7.87. The van der Waals surface area contributed by atoms with E-state index < -0.39 is 0 Å². The minimum Gasteiger partial charge on any atom is -0.321 e. The molecule has 0 fully saturated rings. The maximum Gasteiger partial charge on any atom is 0.277 e. The molecule has 3 rings (SSSR count). The van der Waals surface area contributed by atoms with E-state index >= 15 is 0 Å². The number of thiazole rings is 1. The second-order valence-corrected chi connectivity index (χ2v) is 8.65. The van der Waals surface area contributed by atoms with E-state index in [0.717, 1.165) is 29.9 Å². The van der Waals surface area contributed by atoms with Crippen LogP contribution in [0, 0.1) is 20.8 Å². The molecule has 1 N–H and O–H groups in total. The van der Waals surface area contributed by atoms with Crippen molar-refractivity contribution in [3.05, 3.63) is 62.0 Å². The molecule has 0 unspecified atom stereocenters. The fourth-order valence-corrected chi connectivity index (χ4v) is 4.17. The smallest absolute Gasteiger partial charge is 0.277 e. The molecule has 0 spiro atoms. The molecule has 7 nitrogen and oxygen atoms in total. The van der Waals surface area contributed by atoms with Crippen LogP contribution in [-0.2, 0) is 13.5 Å². The van der Waals surface area contributed by atoms with Crippen LogP contribution >= 0.6 is 11.3 Å². The van der Waals surface area contributed by atoms with Crippen molar-refractivity contribution in [1.82, 2.24) is 19.7 Å². The molecule has 0 saturated carbocycles. The van der Waals surface area contributed by atoms with Crippen molar-refractivity contribution in [3.63, 3.8) is 0 Å². The maximum absolute atomic E-state index is 12.8. The molecule has 0 saturated heterocycles. The first-order chi connectivity index (χ1) is 14.2. The molecule has 2 heterocycles. The van der Waals surface area contributed by atoms with Crippen LogP contribution in [0.15, 0.2) is 29.1 Å². The van der Waals surface area contributed by atoms with Gasteiger partial charge in [0.2, 0.25) is 0 Å². The molecule has 30 heavy (non-hydrogen) atoms. The number of carbonyl (C=O) groups is 1. The summed E-state index contributed by atoms with van der Waals surface area (Å²) >= 11 is 1.23. The van der Waals surface area contributed by atoms with Gasteiger partial charge in [0.25, 0.3) is 11.5 Å². The van der Waals surface area contributed by atoms with Crippen LogP contribution in [0.2, 0.25) is 0 Å². The minimum atomic E-state index is -0.224. The molecule has 1 amide bonds. The number of rotatable bonds is 6. The van der Waals surface area contributed by atoms with E-state index in [4.69, 9.17) is 0 Å². The molecular weight excluding hydrogens is 398 g/mol. The summed E-state index contributed by atoms with van der Waals surface area (Å²) in [5.74, 6) is -0.224. The molecule has 0 aliphatic heterocycles. The average molecular weight is 426 g/mol. The summed E-state index contributed by atoms with van der Waals surface area (Å²) in [6.45, 7) is 6.47. The van der Waals surface area contributed by atoms with Crippen molar-refractivity contribution < 1.29 is 4.79 Å². The molecule has 158 valence electrons. The van der Waals surface area contributed by atoms with Crippen molar-refractivity contribution in [2.24, 2.45) is 7.05 Å². The second-order valence-electron chi connectivity index (χ2n) is 7.65. The Hall–Kier alpha value is -2.84. The van der Waals surface area contributed by atoms with Gasteiger partial charge < -0.3 is 10.2 Å². The zero-order chi connectivity index (χ0) is 22.0. The van der Waals surface area contributed by atoms with Gasteiger partial charge in [-0.15, -0.1) is 11.3 Å². The number of carbonyl (C=O) groups excluding carboxylic acids is 1. The van der Waals surface area contributed by atoms with Crippen molar-refractivity contribution in [3.8, 4) is 10.6 Å². The van der Waals surface area contributed by atoms with Crippen molar-refractivity contribution >= 4 is 22.9 Å². The number of aryl methyl sites for hydroxylation is 3. The highest BCUT2D eigenvalue weighted by Crippen LogP contribution is 2.29. The van der Waals surface area contributed by atoms with E-state index in [1.54, 1.807) is 14.0 Å². The van der Waals surface area contributed by atoms with Gasteiger partial charge in [-0.2, -0.15) is 5.10 Å². The lowest BCUT2D eigenvalue weighted by Crippen LogP contribution is -2.23. The lowest BCUT2D eigenvalue weighted by Gasteiger charge is -2.10. The number of benzene rings is 1. The summed E-state index contributed by atoms with van der Waals surface area (Å²) in [5, 5.41) is 7.68. The molecular formula is C22H27N5O2S. The normalized spacial score (nSPS) is 11.2. The third kappa shape index (κ3) is 4.66. The highest BCUT2D eigenvalue weighted by atomic mass is 32.1. The van der Waals surface area contributed by atoms with Gasteiger partial charge >= 0.3 is 0 Å². The molecule has 8 heteroatoms. The number of aromatic nitrogens is 3. The van der Waals surface area contributed by atoms with E-state index in [-0.39, 0.29) is 11.5 Å². The fourth-order valence-electron chi connectivity index (χ4n) is 3.11. The van der Waals surface area contributed by atoms with Crippen molar-refractivity contribution in [2.75, 3.05) is 26.0 Å². The van der Waals surface area contributed by atoms with E-state index in [9.17, 15) is 9.59 Å². The topological polar surface area (TPSA) is 80.1 Å². The predicted octanol–water partition coefficient (Wildman–Crippen LogP) is 3.19. The lowest BCUT2D eigenvalue weighted by molar-refractivity contribution is 0.103. The van der Waals surface area contributed by atoms with Crippen molar-refractivity contribution in [2.45, 2.75) is 27.2 Å². The standard InChI is InChI=1S/C22H27N5O2S/c1-13-14(2)25-27(6)22(29)18(13)21-23-15(3)19(30-21)20(28)24-17-9-7-16(8-10-17)11-12-26(4)5/h7-10H,11-12H2,1-6H3,(H,24,28). The number of anilines is 1. The van der Waals surface area contributed by atoms with Gasteiger partial charge in [0.1, 0.15) is 9.88 Å². The SMILES string of the molecule is Cc1nc(-c2c(C)c(C)nn(C)c2=O)sc1C(=O)Nc1ccc(CCN(C)C)cc1. The Bertz CT molecular complexity index is 1130. The number of hydrogen-bond acceptors (Lipinski definition) is 6. The van der Waals surface area contributed by atoms with Crippen LogP contribution in [0.25, 0.3) is 10.6 Å². The van der Waals surface area contributed by atoms with E-state index in [1.807, 2.05) is 52.2 Å². The summed E-state index contributed by atoms with van der Waals surface area (Å²) in [7, 11) is 5.71. The number of nitrogens with one attached hydrogen (secondary N) is 1. The van der Waals surface area contributed by atoms with E-state index in [2.05, 4.69) is 20.3 Å². The summed E-state index contributed by atoms with van der Waals surface area (Å²) in [4.78, 5) is 32.6. The van der Waals surface area contributed by atoms with Crippen LogP contribution in [0.1, 0.15) is 32.2 Å². The first kappa shape index (κ1) is 21.9. The zero-order valence-corrected chi connectivity index (χ0v) is 19.1. The number of likely N-dealkylation sites (N-methyl/N-ethyl adjacent to an activating group) is 1. The highest BCUT2D eigenvalue weighted by Gasteiger charge is 2.21. The Morgan fingerprint density at radius 1 is 1.13 bits per heavy atom. The Morgan fingerprint density at radius 3 is 2.43 bits per heavy atom. The molecule has 3 aromatic rings. The average Bonchev–Trinajstić information content (AvgIpc) is 3.07. The van der Waals surface area contributed by atoms with Gasteiger partial charge in [0, 0.05) is 19.3 Å². The Morgan fingerprint density at radius 2 is 1.80 bits per heavy atom. The van der Waals surface area contributed by atoms with Crippen LogP contribution < -0.4 is 10.9 Å². The third-order valence-electron chi connectivity index (χ3n) is 5.00. The first-order valence-electron chi connectivity index (χ1n) is 9.74. The third-order valence-corrected chi connectivity index (χ3v) is 6.18. The molecule has 1 aromatic carbocycles. The lowest BCUT2D eigenvalue weighted by atomic mass is 10.1. The van der Waals surface area contributed by atoms with Gasteiger partial charge in [-0.05, 0) is 64.5 Å². The summed E-state index contributed by atoms with van der Waals surface area (Å²) in [6.07, 6.45) is 0.957. The van der Waals surface area contributed by atoms with Crippen LogP contribution in [0.5, 0.6) is 0 Å². The number of hydrogen-bond donors (Lipinski definition) is 1. The van der Waals surface area contributed by atoms with Crippen LogP contribution in [0.3, 0.4) is 0 Å². The van der Waals surface area contributed by atoms with Gasteiger partial charge in [0.15, 0.2) is 0 Å². The Balaban J connectivity index is 1.82. The number of nitrogens with zero attached hydrogens (tertiary/aromatic N) is 4. The molecule has 0 aliphatic rings. The van der Waals surface area contributed by atoms with Crippen LogP contribution in [-0.4, -0.2) is 46.2 Å². The van der Waals surface area contributed by atoms with Gasteiger partial charge in [0.05, 0.1) is 17.0 Å². The molecule has 0 radical (unpaired) electrons. The van der Waals surface area contributed by atoms with Crippen LogP contribution in [0.4, 0.5) is 5.69 Å². The summed E-state index contributed by atoms with van der Waals surface area (Å²) in [5.41, 5.74) is 4.39. The predicted molar refractivity (Wildman–Crippen MR) is 121 cm³/mol. The molecule has 0 atom stereocenters. The fraction of sp³-hybridized carbons (Fsp3) is 0.364. The van der Waals surface area contributed by atoms with Gasteiger partial charge in [-0.1, -0.05) is 12.1 Å². The number of amides is 1. The zero-order valence-electron chi connectivity index (χ0n) is 18.2. The second kappa shape index (κ2) is 8.89. The van der Waals surface area contributed by atoms with E-state index in [1.165, 1.54) is 21.6 Å². The quantitative estimate of drug-likeness (QED) is 0.656. The highest BCUT2D eigenvalue weighted by molar-refractivity contribution is 7.17. The van der Waals surface area contributed by atoms with Gasteiger partial charge in [-0.25, -0.2) is 9.67 Å². The molecule has 2 aromatic heterocycles. The molecule has 0 aliphatic carbocycles. The Kier molecular flexibility index (Phi) is 6.48. The van der Waals surface area contributed by atoms with E-state index in [0.29, 0.717) is 21.1 Å². The van der Waals surface area contributed by atoms with Crippen molar-refractivity contribution in [1.29, 1.82) is 0 Å². The molecule has 0 bridgehead atoms. The van der Waals surface area contributed by atoms with Gasteiger partial charge in [-0.3, -0.25) is 9.59 Å². The first-order valence-corrected chi connectivity index (χ1v) is 10.6. The largest absolute Gasteiger partial charge is 0.321 e.